The van der Waals surface area contributed by atoms with Gasteiger partial charge in [-0.05, 0) is 19.1 Å². The molecule has 0 unspecified atom stereocenters. The minimum Gasteiger partial charge on any atom is -0.384 e. The van der Waals surface area contributed by atoms with Gasteiger partial charge in [0.25, 0.3) is 0 Å². The van der Waals surface area contributed by atoms with Crippen LogP contribution < -0.4 is 5.73 Å². The first-order chi connectivity index (χ1) is 9.22. The summed E-state index contributed by atoms with van der Waals surface area (Å²) >= 11 is 1.56. The van der Waals surface area contributed by atoms with E-state index in [1.54, 1.807) is 17.8 Å². The molecular formula is C13H13N5S. The second-order valence-electron chi connectivity index (χ2n) is 4.18. The maximum atomic E-state index is 5.72. The van der Waals surface area contributed by atoms with E-state index < -0.39 is 0 Å². The molecule has 0 amide bonds. The molecule has 3 aromatic heterocycles. The molecule has 3 aromatic rings. The van der Waals surface area contributed by atoms with Crippen molar-refractivity contribution in [3.8, 4) is 0 Å². The molecule has 0 fully saturated rings. The molecule has 96 valence electrons. The molecule has 0 atom stereocenters. The average molecular weight is 271 g/mol. The van der Waals surface area contributed by atoms with E-state index in [1.807, 2.05) is 37.5 Å². The smallest absolute Gasteiger partial charge is 0.190 e. The maximum absolute atomic E-state index is 5.72. The van der Waals surface area contributed by atoms with Crippen molar-refractivity contribution in [2.75, 3.05) is 5.73 Å². The van der Waals surface area contributed by atoms with E-state index in [0.29, 0.717) is 11.0 Å². The minimum absolute atomic E-state index is 0.508. The topological polar surface area (TPSA) is 69.1 Å². The van der Waals surface area contributed by atoms with E-state index in [-0.39, 0.29) is 0 Å². The Hall–Kier alpha value is -2.08. The Morgan fingerprint density at radius 2 is 2.21 bits per heavy atom. The minimum atomic E-state index is 0.508. The maximum Gasteiger partial charge on any atom is 0.190 e. The molecule has 0 aliphatic heterocycles. The molecule has 19 heavy (non-hydrogen) atoms. The van der Waals surface area contributed by atoms with Crippen LogP contribution in [0.2, 0.25) is 0 Å². The number of aryl methyl sites for hydroxylation is 1. The molecule has 0 bridgehead atoms. The molecule has 0 saturated heterocycles. The third-order valence-electron chi connectivity index (χ3n) is 2.70. The van der Waals surface area contributed by atoms with Crippen molar-refractivity contribution >= 4 is 23.2 Å². The number of nitrogen functional groups attached to an aromatic ring is 1. The summed E-state index contributed by atoms with van der Waals surface area (Å²) in [5.74, 6) is 1.27. The molecule has 2 N–H and O–H groups in total. The molecule has 5 nitrogen and oxygen atoms in total. The zero-order chi connectivity index (χ0) is 13.2. The van der Waals surface area contributed by atoms with E-state index in [4.69, 9.17) is 5.73 Å². The Kier molecular flexibility index (Phi) is 3.08. The van der Waals surface area contributed by atoms with Gasteiger partial charge in [-0.25, -0.2) is 15.0 Å². The first-order valence-electron chi connectivity index (χ1n) is 5.87. The summed E-state index contributed by atoms with van der Waals surface area (Å²) in [6.07, 6.45) is 3.88. The molecule has 0 radical (unpaired) electrons. The van der Waals surface area contributed by atoms with Crippen LogP contribution in [-0.2, 0) is 5.75 Å². The normalized spacial score (nSPS) is 11.0. The summed E-state index contributed by atoms with van der Waals surface area (Å²) in [6.45, 7) is 1.91. The summed E-state index contributed by atoms with van der Waals surface area (Å²) < 4.78 is 2.06. The van der Waals surface area contributed by atoms with Crippen LogP contribution in [0.15, 0.2) is 41.8 Å². The summed E-state index contributed by atoms with van der Waals surface area (Å²) in [7, 11) is 0. The number of imidazole rings is 1. The third kappa shape index (κ3) is 2.53. The van der Waals surface area contributed by atoms with Gasteiger partial charge >= 0.3 is 0 Å². The Balaban J connectivity index is 1.82. The summed E-state index contributed by atoms with van der Waals surface area (Å²) in [5.41, 5.74) is 8.66. The van der Waals surface area contributed by atoms with Crippen molar-refractivity contribution in [3.05, 3.63) is 48.0 Å². The molecule has 0 aromatic carbocycles. The second kappa shape index (κ2) is 4.89. The number of nitrogens with zero attached hydrogens (tertiary/aromatic N) is 4. The van der Waals surface area contributed by atoms with Crippen molar-refractivity contribution < 1.29 is 0 Å². The predicted octanol–water partition coefficient (Wildman–Crippen LogP) is 2.31. The van der Waals surface area contributed by atoms with Gasteiger partial charge in [-0.15, -0.1) is 0 Å². The lowest BCUT2D eigenvalue weighted by Crippen LogP contribution is -1.97. The van der Waals surface area contributed by atoms with Gasteiger partial charge in [0, 0.05) is 23.7 Å². The molecule has 3 heterocycles. The second-order valence-corrected chi connectivity index (χ2v) is 5.13. The van der Waals surface area contributed by atoms with Gasteiger partial charge in [-0.1, -0.05) is 17.8 Å². The van der Waals surface area contributed by atoms with E-state index in [9.17, 15) is 0 Å². The SMILES string of the molecule is Cc1cc(N)nc(SCc2cnc3ccccn23)n1. The van der Waals surface area contributed by atoms with E-state index in [0.717, 1.165) is 22.8 Å². The number of anilines is 1. The zero-order valence-corrected chi connectivity index (χ0v) is 11.3. The first-order valence-corrected chi connectivity index (χ1v) is 6.86. The fraction of sp³-hybridized carbons (Fsp3) is 0.154. The molecule has 0 spiro atoms. The van der Waals surface area contributed by atoms with Gasteiger partial charge in [-0.2, -0.15) is 0 Å². The summed E-state index contributed by atoms with van der Waals surface area (Å²) in [4.78, 5) is 12.9. The van der Waals surface area contributed by atoms with Crippen molar-refractivity contribution in [3.63, 3.8) is 0 Å². The van der Waals surface area contributed by atoms with Gasteiger partial charge in [0.2, 0.25) is 0 Å². The highest BCUT2D eigenvalue weighted by Crippen LogP contribution is 2.21. The Morgan fingerprint density at radius 1 is 1.32 bits per heavy atom. The fourth-order valence-corrected chi connectivity index (χ4v) is 2.73. The Labute approximate surface area is 114 Å². The monoisotopic (exact) mass is 271 g/mol. The fourth-order valence-electron chi connectivity index (χ4n) is 1.86. The first kappa shape index (κ1) is 12.0. The highest BCUT2D eigenvalue weighted by molar-refractivity contribution is 7.98. The zero-order valence-electron chi connectivity index (χ0n) is 10.4. The van der Waals surface area contributed by atoms with Gasteiger partial charge in [0.1, 0.15) is 11.5 Å². The Bertz CT molecular complexity index is 702. The largest absolute Gasteiger partial charge is 0.384 e. The highest BCUT2D eigenvalue weighted by Gasteiger charge is 2.05. The molecule has 0 aliphatic carbocycles. The van der Waals surface area contributed by atoms with E-state index in [1.165, 1.54) is 0 Å². The lowest BCUT2D eigenvalue weighted by molar-refractivity contribution is 0.938. The van der Waals surface area contributed by atoms with Crippen LogP contribution in [0.5, 0.6) is 0 Å². The highest BCUT2D eigenvalue weighted by atomic mass is 32.2. The van der Waals surface area contributed by atoms with E-state index in [2.05, 4.69) is 19.4 Å². The third-order valence-corrected chi connectivity index (χ3v) is 3.58. The van der Waals surface area contributed by atoms with E-state index >= 15 is 0 Å². The number of fused-ring (bicyclic) bond motifs is 1. The lowest BCUT2D eigenvalue weighted by Gasteiger charge is -2.03. The van der Waals surface area contributed by atoms with Crippen LogP contribution in [0.25, 0.3) is 5.65 Å². The standard InChI is InChI=1S/C13H13N5S/c1-9-6-11(14)17-13(16-9)19-8-10-7-15-12-4-2-3-5-18(10)12/h2-7H,8H2,1H3,(H2,14,16,17). The number of rotatable bonds is 3. The summed E-state index contributed by atoms with van der Waals surface area (Å²) in [5, 5.41) is 0.698. The van der Waals surface area contributed by atoms with Gasteiger partial charge in [0.05, 0.1) is 11.9 Å². The van der Waals surface area contributed by atoms with Gasteiger partial charge in [-0.3, -0.25) is 0 Å². The predicted molar refractivity (Wildman–Crippen MR) is 75.9 cm³/mol. The van der Waals surface area contributed by atoms with Gasteiger partial charge in [0.15, 0.2) is 5.16 Å². The molecule has 0 saturated carbocycles. The lowest BCUT2D eigenvalue weighted by atomic mass is 10.4. The Morgan fingerprint density at radius 3 is 3.05 bits per heavy atom. The van der Waals surface area contributed by atoms with Crippen LogP contribution in [0, 0.1) is 6.92 Å². The number of aromatic nitrogens is 4. The molecule has 0 aliphatic rings. The van der Waals surface area contributed by atoms with Crippen molar-refractivity contribution in [1.29, 1.82) is 0 Å². The van der Waals surface area contributed by atoms with Crippen LogP contribution in [0.4, 0.5) is 5.82 Å². The quantitative estimate of drug-likeness (QED) is 0.584. The van der Waals surface area contributed by atoms with Crippen LogP contribution in [0.3, 0.4) is 0 Å². The van der Waals surface area contributed by atoms with Crippen molar-refractivity contribution in [2.45, 2.75) is 17.8 Å². The van der Waals surface area contributed by atoms with Gasteiger partial charge < -0.3 is 10.1 Å². The number of nitrogens with two attached hydrogens (primary N) is 1. The van der Waals surface area contributed by atoms with Crippen LogP contribution in [0.1, 0.15) is 11.4 Å². The summed E-state index contributed by atoms with van der Waals surface area (Å²) in [6, 6.07) is 7.71. The molecule has 6 heteroatoms. The van der Waals surface area contributed by atoms with Crippen LogP contribution in [-0.4, -0.2) is 19.4 Å². The molecule has 3 rings (SSSR count). The number of thioether (sulfide) groups is 1. The number of pyridine rings is 1. The average Bonchev–Trinajstić information content (AvgIpc) is 2.78. The number of hydrogen-bond donors (Lipinski definition) is 1. The molecular weight excluding hydrogens is 258 g/mol. The number of hydrogen-bond acceptors (Lipinski definition) is 5. The van der Waals surface area contributed by atoms with Crippen molar-refractivity contribution in [2.24, 2.45) is 0 Å². The van der Waals surface area contributed by atoms with Crippen LogP contribution >= 0.6 is 11.8 Å². The van der Waals surface area contributed by atoms with Crippen molar-refractivity contribution in [1.82, 2.24) is 19.4 Å².